The summed E-state index contributed by atoms with van der Waals surface area (Å²) in [5.41, 5.74) is 1.47. The lowest BCUT2D eigenvalue weighted by Gasteiger charge is -2.08. The molecule has 5 heteroatoms. The van der Waals surface area contributed by atoms with Crippen LogP contribution in [-0.2, 0) is 6.54 Å². The molecule has 0 spiro atoms. The zero-order chi connectivity index (χ0) is 13.0. The van der Waals surface area contributed by atoms with Gasteiger partial charge in [-0.05, 0) is 19.4 Å². The summed E-state index contributed by atoms with van der Waals surface area (Å²) in [6.07, 6.45) is 6.80. The molecule has 1 amide bonds. The molecule has 0 unspecified atom stereocenters. The third kappa shape index (κ3) is 2.61. The van der Waals surface area contributed by atoms with Crippen molar-refractivity contribution in [2.75, 3.05) is 5.32 Å². The predicted octanol–water partition coefficient (Wildman–Crippen LogP) is 2.84. The lowest BCUT2D eigenvalue weighted by Crippen LogP contribution is -2.16. The van der Waals surface area contributed by atoms with Crippen LogP contribution < -0.4 is 5.32 Å². The van der Waals surface area contributed by atoms with Crippen LogP contribution in [0.5, 0.6) is 0 Å². The number of nitrogens with one attached hydrogen (secondary N) is 1. The summed E-state index contributed by atoms with van der Waals surface area (Å²) in [5.74, 6) is 0.583. The fourth-order valence-electron chi connectivity index (χ4n) is 1.69. The average Bonchev–Trinajstić information content (AvgIpc) is 2.99. The van der Waals surface area contributed by atoms with Crippen molar-refractivity contribution in [1.82, 2.24) is 9.78 Å². The number of rotatable bonds is 5. The number of hydrogen-bond acceptors (Lipinski definition) is 3. The summed E-state index contributed by atoms with van der Waals surface area (Å²) in [7, 11) is 0. The van der Waals surface area contributed by atoms with Crippen LogP contribution in [0.25, 0.3) is 0 Å². The number of carbonyl (C=O) groups excluding carboxylic acids is 1. The van der Waals surface area contributed by atoms with E-state index in [-0.39, 0.29) is 5.91 Å². The highest BCUT2D eigenvalue weighted by molar-refractivity contribution is 6.03. The summed E-state index contributed by atoms with van der Waals surface area (Å²) in [6, 6.07) is 1.64. The largest absolute Gasteiger partial charge is 0.472 e. The third-order valence-electron chi connectivity index (χ3n) is 2.76. The van der Waals surface area contributed by atoms with E-state index in [1.165, 1.54) is 12.5 Å². The first-order valence-corrected chi connectivity index (χ1v) is 6.08. The minimum absolute atomic E-state index is 0.176. The zero-order valence-corrected chi connectivity index (χ0v) is 10.6. The van der Waals surface area contributed by atoms with Crippen molar-refractivity contribution in [3.8, 4) is 0 Å². The van der Waals surface area contributed by atoms with Gasteiger partial charge >= 0.3 is 0 Å². The number of carbonyl (C=O) groups is 1. The number of aryl methyl sites for hydroxylation is 2. The Kier molecular flexibility index (Phi) is 3.82. The van der Waals surface area contributed by atoms with E-state index in [0.29, 0.717) is 5.56 Å². The monoisotopic (exact) mass is 247 g/mol. The summed E-state index contributed by atoms with van der Waals surface area (Å²) < 4.78 is 6.73. The van der Waals surface area contributed by atoms with Gasteiger partial charge in [-0.2, -0.15) is 5.10 Å². The number of amides is 1. The lowest BCUT2D eigenvalue weighted by atomic mass is 10.3. The quantitative estimate of drug-likeness (QED) is 0.883. The Labute approximate surface area is 106 Å². The molecule has 2 heterocycles. The second kappa shape index (κ2) is 5.53. The summed E-state index contributed by atoms with van der Waals surface area (Å²) in [5, 5.41) is 7.14. The topological polar surface area (TPSA) is 60.1 Å². The standard InChI is InChI=1S/C13H17N3O2/c1-3-4-6-16-12(10(2)8-14-16)15-13(17)11-5-7-18-9-11/h5,7-9H,3-4,6H2,1-2H3,(H,15,17). The van der Waals surface area contributed by atoms with Crippen LogP contribution in [0, 0.1) is 6.92 Å². The molecule has 0 aliphatic carbocycles. The van der Waals surface area contributed by atoms with Crippen molar-refractivity contribution in [2.24, 2.45) is 0 Å². The van der Waals surface area contributed by atoms with E-state index in [4.69, 9.17) is 4.42 Å². The number of aromatic nitrogens is 2. The molecule has 2 aromatic heterocycles. The highest BCUT2D eigenvalue weighted by Crippen LogP contribution is 2.16. The Hall–Kier alpha value is -2.04. The number of nitrogens with zero attached hydrogens (tertiary/aromatic N) is 2. The minimum atomic E-state index is -0.176. The van der Waals surface area contributed by atoms with Gasteiger partial charge in [-0.1, -0.05) is 13.3 Å². The van der Waals surface area contributed by atoms with Gasteiger partial charge < -0.3 is 9.73 Å². The average molecular weight is 247 g/mol. The van der Waals surface area contributed by atoms with Gasteiger partial charge in [0.15, 0.2) is 0 Å². The van der Waals surface area contributed by atoms with Gasteiger partial charge in [0.25, 0.3) is 5.91 Å². The molecule has 0 radical (unpaired) electrons. The van der Waals surface area contributed by atoms with Gasteiger partial charge in [0.1, 0.15) is 12.1 Å². The summed E-state index contributed by atoms with van der Waals surface area (Å²) in [4.78, 5) is 11.9. The van der Waals surface area contributed by atoms with E-state index >= 15 is 0 Å². The van der Waals surface area contributed by atoms with Crippen LogP contribution in [0.3, 0.4) is 0 Å². The maximum atomic E-state index is 11.9. The molecule has 0 saturated heterocycles. The minimum Gasteiger partial charge on any atom is -0.472 e. The third-order valence-corrected chi connectivity index (χ3v) is 2.76. The first kappa shape index (κ1) is 12.4. The molecule has 0 bridgehead atoms. The fraction of sp³-hybridized carbons (Fsp3) is 0.385. The molecule has 1 N–H and O–H groups in total. The molecule has 5 nitrogen and oxygen atoms in total. The van der Waals surface area contributed by atoms with Crippen LogP contribution in [0.15, 0.2) is 29.2 Å². The van der Waals surface area contributed by atoms with Gasteiger partial charge in [0.2, 0.25) is 0 Å². The highest BCUT2D eigenvalue weighted by Gasteiger charge is 2.13. The van der Waals surface area contributed by atoms with Crippen LogP contribution in [0.1, 0.15) is 35.7 Å². The lowest BCUT2D eigenvalue weighted by molar-refractivity contribution is 0.102. The SMILES string of the molecule is CCCCn1ncc(C)c1NC(=O)c1ccoc1. The van der Waals surface area contributed by atoms with E-state index in [2.05, 4.69) is 17.3 Å². The Bertz CT molecular complexity index is 514. The van der Waals surface area contributed by atoms with Gasteiger partial charge in [0.05, 0.1) is 18.0 Å². The molecule has 0 fully saturated rings. The smallest absolute Gasteiger partial charge is 0.260 e. The second-order valence-corrected chi connectivity index (χ2v) is 4.22. The number of unbranched alkanes of at least 4 members (excludes halogenated alkanes) is 1. The van der Waals surface area contributed by atoms with Crippen LogP contribution in [0.4, 0.5) is 5.82 Å². The van der Waals surface area contributed by atoms with Crippen molar-refractivity contribution in [2.45, 2.75) is 33.2 Å². The fourth-order valence-corrected chi connectivity index (χ4v) is 1.69. The molecule has 0 aliphatic heterocycles. The molecule has 0 saturated carbocycles. The van der Waals surface area contributed by atoms with E-state index < -0.39 is 0 Å². The molecular weight excluding hydrogens is 230 g/mol. The van der Waals surface area contributed by atoms with Crippen molar-refractivity contribution >= 4 is 11.7 Å². The van der Waals surface area contributed by atoms with Gasteiger partial charge in [-0.25, -0.2) is 4.68 Å². The Morgan fingerprint density at radius 3 is 3.06 bits per heavy atom. The Morgan fingerprint density at radius 2 is 2.39 bits per heavy atom. The summed E-state index contributed by atoms with van der Waals surface area (Å²) >= 11 is 0. The van der Waals surface area contributed by atoms with Gasteiger partial charge in [-0.15, -0.1) is 0 Å². The van der Waals surface area contributed by atoms with Crippen LogP contribution >= 0.6 is 0 Å². The number of furan rings is 1. The van der Waals surface area contributed by atoms with Gasteiger partial charge in [0, 0.05) is 12.1 Å². The molecular formula is C13H17N3O2. The summed E-state index contributed by atoms with van der Waals surface area (Å²) in [6.45, 7) is 4.87. The van der Waals surface area contributed by atoms with E-state index in [9.17, 15) is 4.79 Å². The maximum Gasteiger partial charge on any atom is 0.260 e. The van der Waals surface area contributed by atoms with E-state index in [0.717, 1.165) is 30.8 Å². The Morgan fingerprint density at radius 1 is 1.56 bits per heavy atom. The molecule has 0 atom stereocenters. The number of hydrogen-bond donors (Lipinski definition) is 1. The van der Waals surface area contributed by atoms with E-state index in [1.54, 1.807) is 12.3 Å². The van der Waals surface area contributed by atoms with Crippen LogP contribution in [-0.4, -0.2) is 15.7 Å². The molecule has 18 heavy (non-hydrogen) atoms. The predicted molar refractivity (Wildman–Crippen MR) is 68.5 cm³/mol. The first-order valence-electron chi connectivity index (χ1n) is 6.08. The first-order chi connectivity index (χ1) is 8.72. The molecule has 2 rings (SSSR count). The van der Waals surface area contributed by atoms with Crippen LogP contribution in [0.2, 0.25) is 0 Å². The van der Waals surface area contributed by atoms with Crippen molar-refractivity contribution in [3.63, 3.8) is 0 Å². The van der Waals surface area contributed by atoms with Crippen molar-refractivity contribution in [1.29, 1.82) is 0 Å². The van der Waals surface area contributed by atoms with Crippen molar-refractivity contribution in [3.05, 3.63) is 35.9 Å². The second-order valence-electron chi connectivity index (χ2n) is 4.22. The highest BCUT2D eigenvalue weighted by atomic mass is 16.3. The number of anilines is 1. The molecule has 0 aliphatic rings. The van der Waals surface area contributed by atoms with E-state index in [1.807, 2.05) is 11.6 Å². The van der Waals surface area contributed by atoms with Crippen molar-refractivity contribution < 1.29 is 9.21 Å². The zero-order valence-electron chi connectivity index (χ0n) is 10.6. The molecule has 0 aromatic carbocycles. The van der Waals surface area contributed by atoms with Gasteiger partial charge in [-0.3, -0.25) is 4.79 Å². The normalized spacial score (nSPS) is 10.6. The Balaban J connectivity index is 2.13. The molecule has 2 aromatic rings. The molecule has 96 valence electrons. The maximum absolute atomic E-state index is 11.9.